The van der Waals surface area contributed by atoms with Crippen molar-refractivity contribution in [3.05, 3.63) is 24.3 Å². The first-order chi connectivity index (χ1) is 13.6. The van der Waals surface area contributed by atoms with Crippen LogP contribution in [-0.4, -0.2) is 40.9 Å². The van der Waals surface area contributed by atoms with E-state index < -0.39 is 16.4 Å². The molecule has 0 spiro atoms. The Kier molecular flexibility index (Phi) is 12.3. The van der Waals surface area contributed by atoms with Crippen molar-refractivity contribution in [2.75, 3.05) is 6.61 Å². The van der Waals surface area contributed by atoms with Gasteiger partial charge in [-0.05, 0) is 35.7 Å². The topological polar surface area (TPSA) is 52.6 Å². The summed E-state index contributed by atoms with van der Waals surface area (Å²) in [6.07, 6.45) is 6.56. The number of carbonyl (C=O) groups excluding carboxylic acids is 2. The minimum absolute atomic E-state index is 0.00329. The monoisotopic (exact) mass is 454 g/mol. The summed E-state index contributed by atoms with van der Waals surface area (Å²) in [6, 6.07) is 0.959. The molecule has 0 amide bonds. The average molecular weight is 455 g/mol. The number of ether oxygens (including phenoxy) is 1. The van der Waals surface area contributed by atoms with Crippen LogP contribution in [0.1, 0.15) is 55.4 Å². The molecule has 0 aliphatic carbocycles. The Morgan fingerprint density at radius 3 is 1.73 bits per heavy atom. The number of ketones is 1. The van der Waals surface area contributed by atoms with Crippen LogP contribution in [-0.2, 0) is 18.8 Å². The molecule has 174 valence electrons. The summed E-state index contributed by atoms with van der Waals surface area (Å²) in [5, 5.41) is 0. The summed E-state index contributed by atoms with van der Waals surface area (Å²) in [6.45, 7) is 24.3. The second-order valence-electron chi connectivity index (χ2n) is 10.6. The standard InChI is InChI=1S/C24H46O4Si2/c1-18(2)30(19(3)4,20(5)6)28-23(14-13-22(8)25)21(7)12-15-24(26)27-16-17-29(9,10)11/h12-15,18-21,23H,16-17H2,1-11H3/b14-13+,15-12+/t21-,23-/m0/s1. The average Bonchev–Trinajstić information content (AvgIpc) is 2.57. The van der Waals surface area contributed by atoms with Crippen LogP contribution >= 0.6 is 0 Å². The maximum absolute atomic E-state index is 12.1. The van der Waals surface area contributed by atoms with E-state index in [0.717, 1.165) is 6.04 Å². The Bertz CT molecular complexity index is 579. The molecule has 0 saturated heterocycles. The molecule has 0 heterocycles. The highest BCUT2D eigenvalue weighted by atomic mass is 28.4. The second-order valence-corrected chi connectivity index (χ2v) is 21.6. The molecule has 0 rings (SSSR count). The molecule has 0 aromatic rings. The highest BCUT2D eigenvalue weighted by molar-refractivity contribution is 6.77. The molecule has 0 saturated carbocycles. The van der Waals surface area contributed by atoms with Gasteiger partial charge in [0.25, 0.3) is 0 Å². The van der Waals surface area contributed by atoms with Gasteiger partial charge in [-0.15, -0.1) is 0 Å². The smallest absolute Gasteiger partial charge is 0.330 e. The summed E-state index contributed by atoms with van der Waals surface area (Å²) in [4.78, 5) is 23.7. The van der Waals surface area contributed by atoms with Crippen molar-refractivity contribution in [3.8, 4) is 0 Å². The summed E-state index contributed by atoms with van der Waals surface area (Å²) in [5.74, 6) is -0.362. The van der Waals surface area contributed by atoms with Gasteiger partial charge in [-0.3, -0.25) is 4.79 Å². The van der Waals surface area contributed by atoms with Crippen LogP contribution in [0.15, 0.2) is 24.3 Å². The zero-order valence-corrected chi connectivity index (χ0v) is 23.2. The molecule has 30 heavy (non-hydrogen) atoms. The van der Waals surface area contributed by atoms with Gasteiger partial charge in [-0.1, -0.05) is 80.3 Å². The fraction of sp³-hybridized carbons (Fsp3) is 0.750. The zero-order valence-electron chi connectivity index (χ0n) is 21.2. The summed E-state index contributed by atoms with van der Waals surface area (Å²) < 4.78 is 12.3. The lowest BCUT2D eigenvalue weighted by molar-refractivity contribution is -0.137. The van der Waals surface area contributed by atoms with E-state index in [2.05, 4.69) is 61.2 Å². The van der Waals surface area contributed by atoms with E-state index in [0.29, 0.717) is 23.2 Å². The van der Waals surface area contributed by atoms with Gasteiger partial charge in [0.05, 0.1) is 12.7 Å². The van der Waals surface area contributed by atoms with Gasteiger partial charge >= 0.3 is 5.97 Å². The Hall–Kier alpha value is -0.986. The number of hydrogen-bond donors (Lipinski definition) is 0. The second kappa shape index (κ2) is 12.8. The lowest BCUT2D eigenvalue weighted by Crippen LogP contribution is -2.50. The first-order valence-corrected chi connectivity index (χ1v) is 17.2. The van der Waals surface area contributed by atoms with E-state index in [9.17, 15) is 9.59 Å². The lowest BCUT2D eigenvalue weighted by Gasteiger charge is -2.45. The number of hydrogen-bond acceptors (Lipinski definition) is 4. The van der Waals surface area contributed by atoms with Crippen molar-refractivity contribution in [3.63, 3.8) is 0 Å². The molecule has 4 nitrogen and oxygen atoms in total. The lowest BCUT2D eigenvalue weighted by atomic mass is 10.0. The van der Waals surface area contributed by atoms with Crippen LogP contribution in [0.5, 0.6) is 0 Å². The summed E-state index contributed by atoms with van der Waals surface area (Å²) in [7, 11) is -3.36. The van der Waals surface area contributed by atoms with E-state index >= 15 is 0 Å². The third-order valence-corrected chi connectivity index (χ3v) is 13.5. The minimum atomic E-state index is -2.13. The predicted molar refractivity (Wildman–Crippen MR) is 133 cm³/mol. The van der Waals surface area contributed by atoms with Gasteiger partial charge in [-0.2, -0.15) is 0 Å². The molecule has 0 unspecified atom stereocenters. The highest BCUT2D eigenvalue weighted by Crippen LogP contribution is 2.43. The van der Waals surface area contributed by atoms with Gasteiger partial charge in [0.15, 0.2) is 5.78 Å². The van der Waals surface area contributed by atoms with Crippen molar-refractivity contribution in [2.45, 2.75) is 104 Å². The predicted octanol–water partition coefficient (Wildman–Crippen LogP) is 6.77. The van der Waals surface area contributed by atoms with Gasteiger partial charge in [0.2, 0.25) is 8.32 Å². The molecular weight excluding hydrogens is 408 g/mol. The number of rotatable bonds is 13. The van der Waals surface area contributed by atoms with Crippen molar-refractivity contribution >= 4 is 28.1 Å². The molecule has 0 bridgehead atoms. The van der Waals surface area contributed by atoms with Crippen molar-refractivity contribution in [1.29, 1.82) is 0 Å². The van der Waals surface area contributed by atoms with E-state index in [1.165, 1.54) is 6.08 Å². The minimum Gasteiger partial charge on any atom is -0.463 e. The van der Waals surface area contributed by atoms with Crippen LogP contribution in [0.4, 0.5) is 0 Å². The van der Waals surface area contributed by atoms with Gasteiger partial charge in [0, 0.05) is 20.1 Å². The van der Waals surface area contributed by atoms with Crippen LogP contribution in [0, 0.1) is 5.92 Å². The molecule has 2 atom stereocenters. The molecule has 0 aromatic carbocycles. The first kappa shape index (κ1) is 29.0. The van der Waals surface area contributed by atoms with Gasteiger partial charge in [-0.25, -0.2) is 4.79 Å². The molecule has 0 fully saturated rings. The molecule has 6 heteroatoms. The van der Waals surface area contributed by atoms with E-state index in [-0.39, 0.29) is 23.8 Å². The van der Waals surface area contributed by atoms with Crippen molar-refractivity contribution in [1.82, 2.24) is 0 Å². The third kappa shape index (κ3) is 9.88. The van der Waals surface area contributed by atoms with Gasteiger partial charge in [0.1, 0.15) is 0 Å². The van der Waals surface area contributed by atoms with Crippen LogP contribution in [0.2, 0.25) is 42.3 Å². The maximum atomic E-state index is 12.1. The normalized spacial score (nSPS) is 15.5. The molecule has 0 aromatic heterocycles. The molecule has 0 radical (unpaired) electrons. The number of carbonyl (C=O) groups is 2. The Morgan fingerprint density at radius 2 is 1.33 bits per heavy atom. The Morgan fingerprint density at radius 1 is 0.833 bits per heavy atom. The highest BCUT2D eigenvalue weighted by Gasteiger charge is 2.46. The SMILES string of the molecule is CC(=O)/C=C/[C@H](O[Si](C(C)C)(C(C)C)C(C)C)[C@@H](C)/C=C/C(=O)OCC[Si](C)(C)C. The van der Waals surface area contributed by atoms with Crippen LogP contribution in [0.3, 0.4) is 0 Å². The Labute approximate surface area is 187 Å². The molecule has 0 aliphatic heterocycles. The molecule has 0 N–H and O–H groups in total. The van der Waals surface area contributed by atoms with E-state index in [4.69, 9.17) is 9.16 Å². The summed E-state index contributed by atoms with van der Waals surface area (Å²) in [5.41, 5.74) is 1.32. The van der Waals surface area contributed by atoms with Crippen molar-refractivity contribution < 1.29 is 18.8 Å². The van der Waals surface area contributed by atoms with Crippen LogP contribution in [0.25, 0.3) is 0 Å². The van der Waals surface area contributed by atoms with E-state index in [1.807, 2.05) is 19.1 Å². The summed E-state index contributed by atoms with van der Waals surface area (Å²) >= 11 is 0. The molecule has 0 aliphatic rings. The zero-order chi connectivity index (χ0) is 23.7. The van der Waals surface area contributed by atoms with E-state index in [1.54, 1.807) is 13.0 Å². The van der Waals surface area contributed by atoms with Crippen molar-refractivity contribution in [2.24, 2.45) is 5.92 Å². The number of allylic oxidation sites excluding steroid dienone is 1. The number of esters is 1. The van der Waals surface area contributed by atoms with Crippen LogP contribution < -0.4 is 0 Å². The first-order valence-electron chi connectivity index (χ1n) is 11.3. The van der Waals surface area contributed by atoms with Gasteiger partial charge < -0.3 is 9.16 Å². The third-order valence-electron chi connectivity index (χ3n) is 5.72. The fourth-order valence-electron chi connectivity index (χ4n) is 4.04. The quantitative estimate of drug-likeness (QED) is 0.175. The fourth-order valence-corrected chi connectivity index (χ4v) is 10.3. The Balaban J connectivity index is 5.51. The molecular formula is C24H46O4Si2. The largest absolute Gasteiger partial charge is 0.463 e. The maximum Gasteiger partial charge on any atom is 0.330 e.